The first-order chi connectivity index (χ1) is 10.8. The second-order valence-electron chi connectivity index (χ2n) is 5.38. The van der Waals surface area contributed by atoms with E-state index in [1.807, 2.05) is 54.7 Å². The van der Waals surface area contributed by atoms with Gasteiger partial charge >= 0.3 is 6.03 Å². The van der Waals surface area contributed by atoms with Crippen LogP contribution < -0.4 is 5.73 Å². The van der Waals surface area contributed by atoms with E-state index in [0.717, 1.165) is 27.6 Å². The number of carbonyl (C=O) groups is 1. The van der Waals surface area contributed by atoms with Crippen LogP contribution in [0.3, 0.4) is 0 Å². The first-order valence-corrected chi connectivity index (χ1v) is 7.16. The zero-order chi connectivity index (χ0) is 15.1. The highest BCUT2D eigenvalue weighted by Crippen LogP contribution is 2.38. The van der Waals surface area contributed by atoms with Crippen molar-refractivity contribution in [3.05, 3.63) is 77.6 Å². The molecule has 0 fully saturated rings. The van der Waals surface area contributed by atoms with Crippen LogP contribution in [0.1, 0.15) is 22.7 Å². The third kappa shape index (κ3) is 1.81. The summed E-state index contributed by atoms with van der Waals surface area (Å²) in [5, 5.41) is 1.10. The number of nitrogens with zero attached hydrogens (tertiary/aromatic N) is 1. The summed E-state index contributed by atoms with van der Waals surface area (Å²) >= 11 is 0. The molecule has 1 unspecified atom stereocenters. The third-order valence-corrected chi connectivity index (χ3v) is 4.15. The molecule has 2 heterocycles. The van der Waals surface area contributed by atoms with Crippen LogP contribution >= 0.6 is 0 Å². The lowest BCUT2D eigenvalue weighted by atomic mass is 9.91. The van der Waals surface area contributed by atoms with Gasteiger partial charge in [0.2, 0.25) is 0 Å². The van der Waals surface area contributed by atoms with Crippen molar-refractivity contribution in [3.8, 4) is 0 Å². The van der Waals surface area contributed by atoms with Gasteiger partial charge in [0.05, 0.1) is 6.04 Å². The lowest BCUT2D eigenvalue weighted by Crippen LogP contribution is -2.36. The molecule has 22 heavy (non-hydrogen) atoms. The van der Waals surface area contributed by atoms with Gasteiger partial charge in [-0.15, -0.1) is 0 Å². The van der Waals surface area contributed by atoms with Gasteiger partial charge in [0.1, 0.15) is 0 Å². The Kier molecular flexibility index (Phi) is 2.76. The van der Waals surface area contributed by atoms with Gasteiger partial charge in [-0.3, -0.25) is 4.90 Å². The summed E-state index contributed by atoms with van der Waals surface area (Å²) in [6.07, 6.45) is 5.64. The summed E-state index contributed by atoms with van der Waals surface area (Å²) in [5.74, 6) is 0. The zero-order valence-corrected chi connectivity index (χ0v) is 11.9. The number of hydrogen-bond acceptors (Lipinski definition) is 1. The number of primary amides is 1. The summed E-state index contributed by atoms with van der Waals surface area (Å²) in [6, 6.07) is 15.5. The molecule has 1 atom stereocenters. The average molecular weight is 289 g/mol. The lowest BCUT2D eigenvalue weighted by molar-refractivity contribution is 0.216. The molecular weight excluding hydrogens is 274 g/mol. The van der Waals surface area contributed by atoms with E-state index in [1.165, 1.54) is 0 Å². The highest BCUT2D eigenvalue weighted by atomic mass is 16.2. The molecule has 4 heteroatoms. The summed E-state index contributed by atoms with van der Waals surface area (Å²) in [7, 11) is 0. The molecule has 0 radical (unpaired) electrons. The molecule has 0 aliphatic carbocycles. The summed E-state index contributed by atoms with van der Waals surface area (Å²) in [4.78, 5) is 16.7. The fraction of sp³-hybridized carbons (Fsp3) is 0.0556. The van der Waals surface area contributed by atoms with Crippen LogP contribution in [-0.4, -0.2) is 15.9 Å². The van der Waals surface area contributed by atoms with E-state index in [2.05, 4.69) is 11.1 Å². The van der Waals surface area contributed by atoms with Gasteiger partial charge in [0.15, 0.2) is 0 Å². The van der Waals surface area contributed by atoms with E-state index in [-0.39, 0.29) is 6.04 Å². The number of hydrogen-bond donors (Lipinski definition) is 2. The molecule has 3 aromatic rings. The van der Waals surface area contributed by atoms with Crippen molar-refractivity contribution < 1.29 is 4.79 Å². The molecule has 4 rings (SSSR count). The number of aromatic nitrogens is 1. The molecule has 2 aromatic carbocycles. The standard InChI is InChI=1S/C18H15N3O/c19-18(22)21-10-9-12-5-1-2-6-13(12)17(21)15-11-20-16-8-4-3-7-14(15)16/h1-11,17,20H,(H2,19,22). The molecule has 1 aromatic heterocycles. The number of fused-ring (bicyclic) bond motifs is 2. The van der Waals surface area contributed by atoms with Crippen LogP contribution in [0.15, 0.2) is 60.9 Å². The summed E-state index contributed by atoms with van der Waals surface area (Å²) < 4.78 is 0. The fourth-order valence-corrected chi connectivity index (χ4v) is 3.15. The Morgan fingerprint density at radius 3 is 2.68 bits per heavy atom. The van der Waals surface area contributed by atoms with E-state index in [1.54, 1.807) is 11.1 Å². The molecule has 1 aliphatic rings. The Bertz CT molecular complexity index is 894. The normalized spacial score (nSPS) is 16.7. The topological polar surface area (TPSA) is 62.1 Å². The van der Waals surface area contributed by atoms with E-state index in [4.69, 9.17) is 5.73 Å². The first kappa shape index (κ1) is 12.7. The molecule has 0 spiro atoms. The second-order valence-corrected chi connectivity index (χ2v) is 5.38. The van der Waals surface area contributed by atoms with E-state index >= 15 is 0 Å². The van der Waals surface area contributed by atoms with Crippen LogP contribution in [0, 0.1) is 0 Å². The Labute approximate surface area is 127 Å². The maximum atomic E-state index is 11.9. The highest BCUT2D eigenvalue weighted by Gasteiger charge is 2.29. The molecule has 0 saturated carbocycles. The van der Waals surface area contributed by atoms with Gasteiger partial charge in [0, 0.05) is 28.9 Å². The molecule has 4 nitrogen and oxygen atoms in total. The maximum Gasteiger partial charge on any atom is 0.319 e. The Hall–Kier alpha value is -3.01. The van der Waals surface area contributed by atoms with Gasteiger partial charge < -0.3 is 10.7 Å². The SMILES string of the molecule is NC(=O)N1C=Cc2ccccc2C1c1c[nH]c2ccccc12. The number of amides is 2. The summed E-state index contributed by atoms with van der Waals surface area (Å²) in [5.41, 5.74) is 9.87. The lowest BCUT2D eigenvalue weighted by Gasteiger charge is -2.32. The molecule has 2 amide bonds. The van der Waals surface area contributed by atoms with Crippen LogP contribution in [0.4, 0.5) is 4.79 Å². The molecule has 0 saturated heterocycles. The summed E-state index contributed by atoms with van der Waals surface area (Å²) in [6.45, 7) is 0. The van der Waals surface area contributed by atoms with Crippen molar-refractivity contribution in [2.24, 2.45) is 5.73 Å². The average Bonchev–Trinajstić information content (AvgIpc) is 2.97. The van der Waals surface area contributed by atoms with Gasteiger partial charge in [-0.25, -0.2) is 4.79 Å². The van der Waals surface area contributed by atoms with Gasteiger partial charge in [0.25, 0.3) is 0 Å². The number of para-hydroxylation sites is 1. The van der Waals surface area contributed by atoms with Gasteiger partial charge in [-0.2, -0.15) is 0 Å². The van der Waals surface area contributed by atoms with Crippen molar-refractivity contribution >= 4 is 23.0 Å². The minimum absolute atomic E-state index is 0.213. The van der Waals surface area contributed by atoms with Gasteiger partial charge in [-0.05, 0) is 23.3 Å². The van der Waals surface area contributed by atoms with Crippen molar-refractivity contribution in [3.63, 3.8) is 0 Å². The minimum atomic E-state index is -0.457. The third-order valence-electron chi connectivity index (χ3n) is 4.15. The van der Waals surface area contributed by atoms with E-state index in [0.29, 0.717) is 0 Å². The molecule has 108 valence electrons. The number of benzene rings is 2. The van der Waals surface area contributed by atoms with Crippen molar-refractivity contribution in [1.82, 2.24) is 9.88 Å². The molecular formula is C18H15N3O. The Morgan fingerprint density at radius 2 is 1.82 bits per heavy atom. The Morgan fingerprint density at radius 1 is 1.05 bits per heavy atom. The van der Waals surface area contributed by atoms with Crippen molar-refractivity contribution in [1.29, 1.82) is 0 Å². The van der Waals surface area contributed by atoms with E-state index < -0.39 is 6.03 Å². The maximum absolute atomic E-state index is 11.9. The minimum Gasteiger partial charge on any atom is -0.361 e. The number of nitrogens with two attached hydrogens (primary N) is 1. The number of aromatic amines is 1. The quantitative estimate of drug-likeness (QED) is 0.706. The van der Waals surface area contributed by atoms with Crippen molar-refractivity contribution in [2.75, 3.05) is 0 Å². The number of urea groups is 1. The van der Waals surface area contributed by atoms with Crippen molar-refractivity contribution in [2.45, 2.75) is 6.04 Å². The number of nitrogens with one attached hydrogen (secondary N) is 1. The zero-order valence-electron chi connectivity index (χ0n) is 11.9. The molecule has 0 bridgehead atoms. The second kappa shape index (κ2) is 4.77. The number of carbonyl (C=O) groups excluding carboxylic acids is 1. The van der Waals surface area contributed by atoms with Crippen LogP contribution in [-0.2, 0) is 0 Å². The van der Waals surface area contributed by atoms with Crippen LogP contribution in [0.25, 0.3) is 17.0 Å². The smallest absolute Gasteiger partial charge is 0.319 e. The number of rotatable bonds is 1. The van der Waals surface area contributed by atoms with Gasteiger partial charge in [-0.1, -0.05) is 42.5 Å². The molecule has 1 aliphatic heterocycles. The highest BCUT2D eigenvalue weighted by molar-refractivity contribution is 5.86. The molecule has 3 N–H and O–H groups in total. The van der Waals surface area contributed by atoms with Crippen LogP contribution in [0.2, 0.25) is 0 Å². The van der Waals surface area contributed by atoms with E-state index in [9.17, 15) is 4.79 Å². The monoisotopic (exact) mass is 289 g/mol. The Balaban J connectivity index is 1.97. The fourth-order valence-electron chi connectivity index (χ4n) is 3.15. The predicted octanol–water partition coefficient (Wildman–Crippen LogP) is 3.62. The first-order valence-electron chi connectivity index (χ1n) is 7.16. The predicted molar refractivity (Wildman–Crippen MR) is 87.0 cm³/mol. The van der Waals surface area contributed by atoms with Crippen LogP contribution in [0.5, 0.6) is 0 Å². The largest absolute Gasteiger partial charge is 0.361 e. The number of H-pyrrole nitrogens is 1.